The second kappa shape index (κ2) is 8.27. The summed E-state index contributed by atoms with van der Waals surface area (Å²) in [6.07, 6.45) is 3.36. The lowest BCUT2D eigenvalue weighted by atomic mass is 10.0. The first kappa shape index (κ1) is 18.9. The Morgan fingerprint density at radius 2 is 1.79 bits per heavy atom. The van der Waals surface area contributed by atoms with Crippen LogP contribution in [0.5, 0.6) is 0 Å². The average molecular weight is 395 g/mol. The number of pyridine rings is 1. The first-order chi connectivity index (χ1) is 13.6. The largest absolute Gasteiger partial charge is 0.344 e. The van der Waals surface area contributed by atoms with Gasteiger partial charge in [-0.25, -0.2) is 9.97 Å². The molecule has 2 aromatic heterocycles. The van der Waals surface area contributed by atoms with Gasteiger partial charge in [-0.3, -0.25) is 4.79 Å². The Balaban J connectivity index is 1.32. The number of hydrogen-bond acceptors (Lipinski definition) is 5. The number of piperazine rings is 1. The molecule has 0 radical (unpaired) electrons. The van der Waals surface area contributed by atoms with Crippen LogP contribution in [0.25, 0.3) is 10.3 Å². The zero-order chi connectivity index (χ0) is 19.5. The smallest absolute Gasteiger partial charge is 0.227 e. The maximum Gasteiger partial charge on any atom is 0.227 e. The SMILES string of the molecule is CC(C)Cc1ccc(CC(=O)N2CCN(c3nc4cccnc4s3)CC2)cc1. The van der Waals surface area contributed by atoms with Gasteiger partial charge in [0.1, 0.15) is 10.3 Å². The van der Waals surface area contributed by atoms with Crippen LogP contribution >= 0.6 is 11.3 Å². The molecule has 1 aliphatic rings. The molecule has 0 bridgehead atoms. The zero-order valence-corrected chi connectivity index (χ0v) is 17.3. The van der Waals surface area contributed by atoms with E-state index in [9.17, 15) is 4.79 Å². The third-order valence-corrected chi connectivity index (χ3v) is 6.12. The number of hydrogen-bond donors (Lipinski definition) is 0. The van der Waals surface area contributed by atoms with E-state index in [-0.39, 0.29) is 5.91 Å². The number of fused-ring (bicyclic) bond motifs is 1. The minimum Gasteiger partial charge on any atom is -0.344 e. The van der Waals surface area contributed by atoms with Crippen molar-refractivity contribution in [3.05, 3.63) is 53.7 Å². The zero-order valence-electron chi connectivity index (χ0n) is 16.5. The number of anilines is 1. The predicted octanol–water partition coefficient (Wildman–Crippen LogP) is 3.78. The van der Waals surface area contributed by atoms with E-state index in [1.54, 1.807) is 17.5 Å². The second-order valence-electron chi connectivity index (χ2n) is 7.78. The molecule has 0 saturated carbocycles. The number of benzene rings is 1. The summed E-state index contributed by atoms with van der Waals surface area (Å²) in [6.45, 7) is 7.57. The first-order valence-electron chi connectivity index (χ1n) is 9.90. The van der Waals surface area contributed by atoms with Crippen LogP contribution in [-0.4, -0.2) is 47.0 Å². The molecule has 1 aromatic carbocycles. The van der Waals surface area contributed by atoms with Gasteiger partial charge in [-0.05, 0) is 35.6 Å². The summed E-state index contributed by atoms with van der Waals surface area (Å²) in [4.78, 5) is 27.0. The lowest BCUT2D eigenvalue weighted by Gasteiger charge is -2.34. The van der Waals surface area contributed by atoms with Crippen LogP contribution in [-0.2, 0) is 17.6 Å². The summed E-state index contributed by atoms with van der Waals surface area (Å²) in [6, 6.07) is 12.4. The number of thiazole rings is 1. The van der Waals surface area contributed by atoms with Gasteiger partial charge >= 0.3 is 0 Å². The number of carbonyl (C=O) groups excluding carboxylic acids is 1. The maximum absolute atomic E-state index is 12.7. The molecule has 4 rings (SSSR count). The van der Waals surface area contributed by atoms with Crippen molar-refractivity contribution in [3.8, 4) is 0 Å². The van der Waals surface area contributed by atoms with Crippen LogP contribution < -0.4 is 4.90 Å². The molecular formula is C22H26N4OS. The Morgan fingerprint density at radius 3 is 2.46 bits per heavy atom. The number of aromatic nitrogens is 2. The Hall–Kier alpha value is -2.47. The number of amides is 1. The molecule has 5 nitrogen and oxygen atoms in total. The minimum atomic E-state index is 0.210. The molecule has 0 unspecified atom stereocenters. The van der Waals surface area contributed by atoms with E-state index < -0.39 is 0 Å². The standard InChI is InChI=1S/C22H26N4OS/c1-16(2)14-17-5-7-18(8-6-17)15-20(27)25-10-12-26(13-11-25)22-24-19-4-3-9-23-21(19)28-22/h3-9,16H,10-15H2,1-2H3. The van der Waals surface area contributed by atoms with Crippen LogP contribution in [0.4, 0.5) is 5.13 Å². The molecule has 6 heteroatoms. The van der Waals surface area contributed by atoms with E-state index in [0.29, 0.717) is 12.3 Å². The topological polar surface area (TPSA) is 49.3 Å². The molecule has 3 heterocycles. The molecule has 0 aliphatic carbocycles. The van der Waals surface area contributed by atoms with Gasteiger partial charge in [-0.1, -0.05) is 49.4 Å². The van der Waals surface area contributed by atoms with Crippen molar-refractivity contribution < 1.29 is 4.79 Å². The van der Waals surface area contributed by atoms with Crippen LogP contribution in [0, 0.1) is 5.92 Å². The van der Waals surface area contributed by atoms with Gasteiger partial charge in [0.2, 0.25) is 5.91 Å². The van der Waals surface area contributed by atoms with Gasteiger partial charge in [-0.15, -0.1) is 0 Å². The summed E-state index contributed by atoms with van der Waals surface area (Å²) in [7, 11) is 0. The fourth-order valence-corrected chi connectivity index (χ4v) is 4.55. The molecule has 3 aromatic rings. The second-order valence-corrected chi connectivity index (χ2v) is 8.74. The van der Waals surface area contributed by atoms with Crippen LogP contribution in [0.1, 0.15) is 25.0 Å². The van der Waals surface area contributed by atoms with E-state index in [4.69, 9.17) is 0 Å². The van der Waals surface area contributed by atoms with Gasteiger partial charge in [0.05, 0.1) is 6.42 Å². The highest BCUT2D eigenvalue weighted by Crippen LogP contribution is 2.27. The number of nitrogens with zero attached hydrogens (tertiary/aromatic N) is 4. The summed E-state index contributed by atoms with van der Waals surface area (Å²) in [5.41, 5.74) is 3.38. The summed E-state index contributed by atoms with van der Waals surface area (Å²) < 4.78 is 0. The minimum absolute atomic E-state index is 0.210. The Labute approximate surface area is 170 Å². The van der Waals surface area contributed by atoms with Crippen molar-refractivity contribution in [1.82, 2.24) is 14.9 Å². The van der Waals surface area contributed by atoms with Gasteiger partial charge in [-0.2, -0.15) is 0 Å². The quantitative estimate of drug-likeness (QED) is 0.661. The molecular weight excluding hydrogens is 368 g/mol. The fourth-order valence-electron chi connectivity index (χ4n) is 3.59. The predicted molar refractivity (Wildman–Crippen MR) is 115 cm³/mol. The Bertz CT molecular complexity index is 910. The highest BCUT2D eigenvalue weighted by Gasteiger charge is 2.23. The first-order valence-corrected chi connectivity index (χ1v) is 10.7. The van der Waals surface area contributed by atoms with Crippen molar-refractivity contribution in [2.24, 2.45) is 5.92 Å². The summed E-state index contributed by atoms with van der Waals surface area (Å²) in [5, 5.41) is 1.00. The summed E-state index contributed by atoms with van der Waals surface area (Å²) >= 11 is 1.62. The van der Waals surface area contributed by atoms with E-state index in [1.807, 2.05) is 17.0 Å². The Morgan fingerprint density at radius 1 is 1.07 bits per heavy atom. The normalized spacial score (nSPS) is 14.8. The molecule has 28 heavy (non-hydrogen) atoms. The monoisotopic (exact) mass is 394 g/mol. The summed E-state index contributed by atoms with van der Waals surface area (Å²) in [5.74, 6) is 0.859. The molecule has 146 valence electrons. The lowest BCUT2D eigenvalue weighted by Crippen LogP contribution is -2.49. The number of carbonyl (C=O) groups is 1. The average Bonchev–Trinajstić information content (AvgIpc) is 3.13. The third-order valence-electron chi connectivity index (χ3n) is 5.08. The van der Waals surface area contributed by atoms with Gasteiger partial charge < -0.3 is 9.80 Å². The van der Waals surface area contributed by atoms with Crippen molar-refractivity contribution in [2.75, 3.05) is 31.1 Å². The van der Waals surface area contributed by atoms with E-state index in [2.05, 4.69) is 53.0 Å². The van der Waals surface area contributed by atoms with Crippen LogP contribution in [0.2, 0.25) is 0 Å². The Kier molecular flexibility index (Phi) is 5.57. The van der Waals surface area contributed by atoms with Crippen molar-refractivity contribution in [3.63, 3.8) is 0 Å². The molecule has 0 spiro atoms. The third kappa shape index (κ3) is 4.33. The lowest BCUT2D eigenvalue weighted by molar-refractivity contribution is -0.130. The molecule has 1 aliphatic heterocycles. The molecule has 1 fully saturated rings. The van der Waals surface area contributed by atoms with E-state index >= 15 is 0 Å². The van der Waals surface area contributed by atoms with Crippen molar-refractivity contribution in [2.45, 2.75) is 26.7 Å². The fraction of sp³-hybridized carbons (Fsp3) is 0.409. The van der Waals surface area contributed by atoms with Crippen molar-refractivity contribution >= 4 is 32.7 Å². The maximum atomic E-state index is 12.7. The van der Waals surface area contributed by atoms with E-state index in [1.165, 1.54) is 5.56 Å². The van der Waals surface area contributed by atoms with Crippen LogP contribution in [0.15, 0.2) is 42.6 Å². The van der Waals surface area contributed by atoms with Crippen LogP contribution in [0.3, 0.4) is 0 Å². The molecule has 1 amide bonds. The highest BCUT2D eigenvalue weighted by atomic mass is 32.1. The number of rotatable bonds is 5. The highest BCUT2D eigenvalue weighted by molar-refractivity contribution is 7.21. The van der Waals surface area contributed by atoms with Gasteiger partial charge in [0.25, 0.3) is 0 Å². The molecule has 0 N–H and O–H groups in total. The molecule has 1 saturated heterocycles. The van der Waals surface area contributed by atoms with Gasteiger partial charge in [0.15, 0.2) is 5.13 Å². The van der Waals surface area contributed by atoms with Gasteiger partial charge in [0, 0.05) is 32.4 Å². The molecule has 0 atom stereocenters. The van der Waals surface area contributed by atoms with E-state index in [0.717, 1.165) is 53.6 Å². The van der Waals surface area contributed by atoms with Crippen molar-refractivity contribution in [1.29, 1.82) is 0 Å².